The van der Waals surface area contributed by atoms with Crippen molar-refractivity contribution < 1.29 is 4.32 Å². The van der Waals surface area contributed by atoms with Crippen LogP contribution in [0.1, 0.15) is 6.42 Å². The first-order valence-corrected chi connectivity index (χ1v) is 3.88. The van der Waals surface area contributed by atoms with E-state index in [0.717, 1.165) is 21.1 Å². The van der Waals surface area contributed by atoms with Crippen molar-refractivity contribution in [2.24, 2.45) is 0 Å². The second kappa shape index (κ2) is 2.05. The van der Waals surface area contributed by atoms with Crippen molar-refractivity contribution in [1.29, 1.82) is 0 Å². The van der Waals surface area contributed by atoms with Crippen LogP contribution in [0.4, 0.5) is 4.32 Å². The highest BCUT2D eigenvalue weighted by Gasteiger charge is 2.29. The summed E-state index contributed by atoms with van der Waals surface area (Å²) >= 11 is 4.54. The lowest BCUT2D eigenvalue weighted by Crippen LogP contribution is -2.31. The van der Waals surface area contributed by atoms with Crippen LogP contribution in [0.15, 0.2) is 0 Å². The van der Waals surface area contributed by atoms with Gasteiger partial charge in [0.2, 0.25) is 0 Å². The van der Waals surface area contributed by atoms with Gasteiger partial charge in [-0.1, -0.05) is 9.91 Å². The maximum absolute atomic E-state index is 12.1. The van der Waals surface area contributed by atoms with Crippen LogP contribution in [-0.2, 0) is 21.1 Å². The normalized spacial score (nSPS) is 19.0. The molecule has 1 aliphatic rings. The van der Waals surface area contributed by atoms with E-state index >= 15 is 0 Å². The minimum atomic E-state index is -0.678. The molecule has 0 atom stereocenters. The zero-order valence-corrected chi connectivity index (χ0v) is 5.32. The van der Waals surface area contributed by atoms with Gasteiger partial charge in [0.05, 0.1) is 0 Å². The Morgan fingerprint density at radius 1 is 1.86 bits per heavy atom. The van der Waals surface area contributed by atoms with Crippen LogP contribution < -0.4 is 0 Å². The van der Waals surface area contributed by atoms with Crippen LogP contribution in [0.5, 0.6) is 0 Å². The Labute approximate surface area is 50.4 Å². The minimum absolute atomic E-state index is 0.678. The Morgan fingerprint density at radius 2 is 2.57 bits per heavy atom. The first-order valence-electron chi connectivity index (χ1n) is 2.14. The summed E-state index contributed by atoms with van der Waals surface area (Å²) in [5.74, 6) is 0. The largest absolute Gasteiger partial charge is 0.387 e. The van der Waals surface area contributed by atoms with Gasteiger partial charge in [-0.05, 0) is 28.7 Å². The fourth-order valence-electron chi connectivity index (χ4n) is 0.465. The number of hydrogen-bond donors (Lipinski definition) is 0. The third-order valence-corrected chi connectivity index (χ3v) is 2.42. The summed E-state index contributed by atoms with van der Waals surface area (Å²) in [4.78, 5) is 0. The van der Waals surface area contributed by atoms with Crippen molar-refractivity contribution in [3.05, 3.63) is 0 Å². The van der Waals surface area contributed by atoms with E-state index in [1.807, 2.05) is 0 Å². The molecule has 0 nitrogen and oxygen atoms in total. The van der Waals surface area contributed by atoms with E-state index in [1.165, 1.54) is 0 Å². The van der Waals surface area contributed by atoms with Crippen molar-refractivity contribution in [2.75, 3.05) is 0 Å². The molecular weight excluding hydrogens is 130 g/mol. The second-order valence-electron chi connectivity index (χ2n) is 1.56. The molecule has 0 saturated carbocycles. The van der Waals surface area contributed by atoms with Crippen molar-refractivity contribution in [1.82, 2.24) is 0 Å². The topological polar surface area (TPSA) is 0 Å². The Morgan fingerprint density at radius 3 is 2.57 bits per heavy atom. The van der Waals surface area contributed by atoms with Crippen LogP contribution in [-0.4, -0.2) is 11.8 Å². The second-order valence-corrected chi connectivity index (χ2v) is 2.75. The zero-order valence-electron chi connectivity index (χ0n) is 3.69. The molecule has 0 aromatic rings. The fraction of sp³-hybridized carbons (Fsp3) is 0.667. The summed E-state index contributed by atoms with van der Waals surface area (Å²) in [6.07, 6.45) is 1.59. The molecule has 1 aliphatic heterocycles. The summed E-state index contributed by atoms with van der Waals surface area (Å²) in [5.41, 5.74) is 0. The SMILES string of the molecule is FB1CCC1=S=S. The van der Waals surface area contributed by atoms with Crippen LogP contribution in [0.2, 0.25) is 6.32 Å². The summed E-state index contributed by atoms with van der Waals surface area (Å²) in [5, 5.41) is 0. The Balaban J connectivity index is 2.60. The third-order valence-electron chi connectivity index (χ3n) is 1.10. The molecule has 0 unspecified atom stereocenters. The Kier molecular flexibility index (Phi) is 1.59. The quantitative estimate of drug-likeness (QED) is 0.345. The van der Waals surface area contributed by atoms with Crippen molar-refractivity contribution in [3.8, 4) is 0 Å². The fourth-order valence-corrected chi connectivity index (χ4v) is 1.45. The molecule has 0 aromatic carbocycles. The van der Waals surface area contributed by atoms with Crippen LogP contribution in [0.3, 0.4) is 0 Å². The summed E-state index contributed by atoms with van der Waals surface area (Å²) in [6, 6.07) is 0. The van der Waals surface area contributed by atoms with Gasteiger partial charge in [-0.3, -0.25) is 0 Å². The molecule has 1 saturated heterocycles. The van der Waals surface area contributed by atoms with Crippen LogP contribution in [0, 0.1) is 0 Å². The van der Waals surface area contributed by atoms with Gasteiger partial charge in [-0.15, -0.1) is 0 Å². The van der Waals surface area contributed by atoms with Gasteiger partial charge in [0, 0.05) is 0 Å². The predicted molar refractivity (Wildman–Crippen MR) is 36.0 cm³/mol. The van der Waals surface area contributed by atoms with E-state index in [0.29, 0.717) is 6.32 Å². The van der Waals surface area contributed by atoms with E-state index in [1.54, 1.807) is 0 Å². The molecule has 0 N–H and O–H groups in total. The molecule has 4 heteroatoms. The molecule has 0 aliphatic carbocycles. The summed E-state index contributed by atoms with van der Waals surface area (Å²) in [6.45, 7) is -0.678. The Hall–Kier alpha value is 0.305. The van der Waals surface area contributed by atoms with E-state index in [2.05, 4.69) is 11.2 Å². The average molecular weight is 134 g/mol. The Bertz CT molecular complexity index is 129. The minimum Gasteiger partial charge on any atom is -0.329 e. The molecule has 0 radical (unpaired) electrons. The molecule has 0 spiro atoms. The molecule has 1 rings (SSSR count). The number of rotatable bonds is 0. The van der Waals surface area contributed by atoms with Crippen molar-refractivity contribution in [2.45, 2.75) is 12.7 Å². The van der Waals surface area contributed by atoms with E-state index < -0.39 is 6.99 Å². The van der Waals surface area contributed by atoms with Gasteiger partial charge < -0.3 is 4.32 Å². The molecule has 0 aromatic heterocycles. The number of hydrogen-bond acceptors (Lipinski definition) is 1. The van der Waals surface area contributed by atoms with E-state index in [9.17, 15) is 4.32 Å². The van der Waals surface area contributed by atoms with Crippen molar-refractivity contribution >= 4 is 32.9 Å². The third kappa shape index (κ3) is 0.914. The van der Waals surface area contributed by atoms with Gasteiger partial charge in [0.25, 0.3) is 0 Å². The number of halogens is 1. The zero-order chi connectivity index (χ0) is 5.28. The summed E-state index contributed by atoms with van der Waals surface area (Å²) < 4.78 is 12.9. The van der Waals surface area contributed by atoms with E-state index in [4.69, 9.17) is 0 Å². The highest BCUT2D eigenvalue weighted by atomic mass is 32.8. The predicted octanol–water partition coefficient (Wildman–Crippen LogP) is 0.607. The van der Waals surface area contributed by atoms with Crippen LogP contribution >= 0.6 is 0 Å². The molecule has 0 bridgehead atoms. The first-order chi connectivity index (χ1) is 3.34. The van der Waals surface area contributed by atoms with Crippen LogP contribution in [0.25, 0.3) is 0 Å². The molecular formula is C3H4BFS2. The molecule has 38 valence electrons. The van der Waals surface area contributed by atoms with Crippen molar-refractivity contribution in [3.63, 3.8) is 0 Å². The molecule has 1 fully saturated rings. The standard InChI is InChI=1S/C3H4BFS2/c5-4-2-1-3(4)7-6/h1-2H2. The smallest absolute Gasteiger partial charge is 0.329 e. The lowest BCUT2D eigenvalue weighted by molar-refractivity contribution is 0.822. The monoisotopic (exact) mass is 134 g/mol. The average Bonchev–Trinajstić information content (AvgIpc) is 1.65. The maximum atomic E-state index is 12.1. The maximum Gasteiger partial charge on any atom is 0.387 e. The highest BCUT2D eigenvalue weighted by molar-refractivity contribution is 8.18. The lowest BCUT2D eigenvalue weighted by Gasteiger charge is -2.13. The summed E-state index contributed by atoms with van der Waals surface area (Å²) in [7, 11) is 1.14. The molecule has 7 heavy (non-hydrogen) atoms. The molecule has 1 heterocycles. The molecule has 0 amide bonds. The van der Waals surface area contributed by atoms with Gasteiger partial charge in [0.15, 0.2) is 0 Å². The van der Waals surface area contributed by atoms with Gasteiger partial charge in [-0.2, -0.15) is 0 Å². The van der Waals surface area contributed by atoms with E-state index in [-0.39, 0.29) is 0 Å². The van der Waals surface area contributed by atoms with Gasteiger partial charge >= 0.3 is 6.99 Å². The first kappa shape index (κ1) is 5.44. The van der Waals surface area contributed by atoms with Gasteiger partial charge in [0.1, 0.15) is 0 Å². The van der Waals surface area contributed by atoms with Gasteiger partial charge in [-0.25, -0.2) is 0 Å². The lowest BCUT2D eigenvalue weighted by atomic mass is 9.52. The highest BCUT2D eigenvalue weighted by Crippen LogP contribution is 2.14.